The number of carbonyl (C=O) groups excluding carboxylic acids is 1. The minimum absolute atomic E-state index is 0.151. The molecule has 1 saturated heterocycles. The number of aromatic nitrogens is 2. The number of nitrogens with one attached hydrogen (secondary N) is 1. The number of halogens is 1. The van der Waals surface area contributed by atoms with Crippen LogP contribution in [0.3, 0.4) is 0 Å². The van der Waals surface area contributed by atoms with E-state index >= 15 is 0 Å². The molecule has 6 nitrogen and oxygen atoms in total. The Morgan fingerprint density at radius 1 is 1.27 bits per heavy atom. The lowest BCUT2D eigenvalue weighted by Gasteiger charge is -2.28. The molecule has 7 heteroatoms. The van der Waals surface area contributed by atoms with Crippen LogP contribution < -0.4 is 5.32 Å². The van der Waals surface area contributed by atoms with Crippen molar-refractivity contribution in [3.8, 4) is 0 Å². The summed E-state index contributed by atoms with van der Waals surface area (Å²) in [5.74, 6) is 0.927. The molecule has 0 radical (unpaired) electrons. The highest BCUT2D eigenvalue weighted by Crippen LogP contribution is 2.30. The van der Waals surface area contributed by atoms with Crippen LogP contribution in [0.4, 0.5) is 4.39 Å². The van der Waals surface area contributed by atoms with Crippen LogP contribution in [0.15, 0.2) is 28.8 Å². The Hall–Kier alpha value is -2.28. The van der Waals surface area contributed by atoms with E-state index < -0.39 is 0 Å². The molecule has 1 atom stereocenters. The standard InChI is InChI=1S/C19H24FN3O3/c1-12(2)18-22-19(26-23-18)17(14-7-9-25-10-8-14)21-16(24)11-13-3-5-15(20)6-4-13/h3-6,12,14,17H,7-11H2,1-2H3,(H,21,24). The molecule has 0 saturated carbocycles. The lowest BCUT2D eigenvalue weighted by atomic mass is 9.91. The van der Waals surface area contributed by atoms with Crippen LogP contribution in [0.1, 0.15) is 55.9 Å². The third-order valence-corrected chi connectivity index (χ3v) is 4.57. The van der Waals surface area contributed by atoms with Crippen molar-refractivity contribution in [2.24, 2.45) is 5.92 Å². The summed E-state index contributed by atoms with van der Waals surface area (Å²) < 4.78 is 23.9. The van der Waals surface area contributed by atoms with Crippen LogP contribution in [0.25, 0.3) is 0 Å². The molecule has 1 aromatic heterocycles. The van der Waals surface area contributed by atoms with Crippen molar-refractivity contribution in [1.29, 1.82) is 0 Å². The number of nitrogens with zero attached hydrogens (tertiary/aromatic N) is 2. The lowest BCUT2D eigenvalue weighted by Crippen LogP contribution is -2.37. The van der Waals surface area contributed by atoms with Crippen molar-refractivity contribution in [3.63, 3.8) is 0 Å². The zero-order valence-electron chi connectivity index (χ0n) is 15.1. The number of carbonyl (C=O) groups is 1. The van der Waals surface area contributed by atoms with E-state index in [1.165, 1.54) is 12.1 Å². The van der Waals surface area contributed by atoms with Gasteiger partial charge < -0.3 is 14.6 Å². The number of hydrogen-bond donors (Lipinski definition) is 1. The largest absolute Gasteiger partial charge is 0.381 e. The summed E-state index contributed by atoms with van der Waals surface area (Å²) in [6, 6.07) is 5.59. The van der Waals surface area contributed by atoms with Crippen LogP contribution in [-0.4, -0.2) is 29.3 Å². The molecule has 0 bridgehead atoms. The molecule has 1 aliphatic heterocycles. The second-order valence-corrected chi connectivity index (χ2v) is 6.94. The molecule has 0 aliphatic carbocycles. The number of rotatable bonds is 6. The minimum atomic E-state index is -0.341. The Morgan fingerprint density at radius 2 is 1.96 bits per heavy atom. The predicted octanol–water partition coefficient (Wildman–Crippen LogP) is 3.16. The van der Waals surface area contributed by atoms with Gasteiger partial charge in [-0.05, 0) is 36.5 Å². The normalized spacial score (nSPS) is 16.6. The Labute approximate surface area is 152 Å². The predicted molar refractivity (Wildman–Crippen MR) is 92.9 cm³/mol. The van der Waals surface area contributed by atoms with Gasteiger partial charge in [0.15, 0.2) is 5.82 Å². The second-order valence-electron chi connectivity index (χ2n) is 6.94. The summed E-state index contributed by atoms with van der Waals surface area (Å²) in [5.41, 5.74) is 0.753. The highest BCUT2D eigenvalue weighted by Gasteiger charge is 2.31. The van der Waals surface area contributed by atoms with Gasteiger partial charge in [-0.3, -0.25) is 4.79 Å². The van der Waals surface area contributed by atoms with E-state index in [2.05, 4.69) is 15.5 Å². The highest BCUT2D eigenvalue weighted by molar-refractivity contribution is 5.78. The monoisotopic (exact) mass is 361 g/mol. The fraction of sp³-hybridized carbons (Fsp3) is 0.526. The van der Waals surface area contributed by atoms with Gasteiger partial charge in [0, 0.05) is 19.1 Å². The Bertz CT molecular complexity index is 724. The number of benzene rings is 1. The van der Waals surface area contributed by atoms with Gasteiger partial charge in [0.05, 0.1) is 6.42 Å². The maximum atomic E-state index is 13.0. The minimum Gasteiger partial charge on any atom is -0.381 e. The summed E-state index contributed by atoms with van der Waals surface area (Å²) in [5, 5.41) is 7.06. The topological polar surface area (TPSA) is 77.2 Å². The summed E-state index contributed by atoms with van der Waals surface area (Å²) in [4.78, 5) is 17.0. The summed E-state index contributed by atoms with van der Waals surface area (Å²) >= 11 is 0. The van der Waals surface area contributed by atoms with Gasteiger partial charge in [0.25, 0.3) is 0 Å². The highest BCUT2D eigenvalue weighted by atomic mass is 19.1. The second kappa shape index (κ2) is 8.40. The fourth-order valence-electron chi connectivity index (χ4n) is 3.05. The summed E-state index contributed by atoms with van der Waals surface area (Å²) in [7, 11) is 0. The molecule has 1 N–H and O–H groups in total. The summed E-state index contributed by atoms with van der Waals surface area (Å²) in [6.07, 6.45) is 1.81. The molecule has 26 heavy (non-hydrogen) atoms. The SMILES string of the molecule is CC(C)c1noc(C(NC(=O)Cc2ccc(F)cc2)C2CCOCC2)n1. The first-order valence-corrected chi connectivity index (χ1v) is 8.98. The van der Waals surface area contributed by atoms with E-state index in [9.17, 15) is 9.18 Å². The average molecular weight is 361 g/mol. The first-order chi connectivity index (χ1) is 12.5. The van der Waals surface area contributed by atoms with Gasteiger partial charge in [-0.15, -0.1) is 0 Å². The van der Waals surface area contributed by atoms with Gasteiger partial charge in [-0.1, -0.05) is 31.1 Å². The van der Waals surface area contributed by atoms with Crippen LogP contribution in [-0.2, 0) is 16.0 Å². The molecule has 3 rings (SSSR count). The molecule has 1 amide bonds. The maximum Gasteiger partial charge on any atom is 0.249 e. The lowest BCUT2D eigenvalue weighted by molar-refractivity contribution is -0.122. The fourth-order valence-corrected chi connectivity index (χ4v) is 3.05. The quantitative estimate of drug-likeness (QED) is 0.855. The molecule has 1 aromatic carbocycles. The van der Waals surface area contributed by atoms with E-state index in [0.717, 1.165) is 18.4 Å². The van der Waals surface area contributed by atoms with Gasteiger partial charge in [0.1, 0.15) is 11.9 Å². The van der Waals surface area contributed by atoms with Gasteiger partial charge in [-0.25, -0.2) is 4.39 Å². The number of ether oxygens (including phenoxy) is 1. The smallest absolute Gasteiger partial charge is 0.249 e. The first kappa shape index (κ1) is 18.5. The summed E-state index contributed by atoms with van der Waals surface area (Å²) in [6.45, 7) is 5.29. The van der Waals surface area contributed by atoms with E-state index in [1.54, 1.807) is 12.1 Å². The molecule has 1 unspecified atom stereocenters. The van der Waals surface area contributed by atoms with Crippen molar-refractivity contribution in [2.75, 3.05) is 13.2 Å². The Balaban J connectivity index is 1.73. The van der Waals surface area contributed by atoms with E-state index in [0.29, 0.717) is 24.9 Å². The van der Waals surface area contributed by atoms with Crippen molar-refractivity contribution in [1.82, 2.24) is 15.5 Å². The number of hydrogen-bond acceptors (Lipinski definition) is 5. The molecule has 140 valence electrons. The van der Waals surface area contributed by atoms with Crippen LogP contribution in [0.2, 0.25) is 0 Å². The van der Waals surface area contributed by atoms with E-state index in [1.807, 2.05) is 13.8 Å². The van der Waals surface area contributed by atoms with Crippen molar-refractivity contribution in [3.05, 3.63) is 47.4 Å². The zero-order valence-corrected chi connectivity index (χ0v) is 15.1. The third-order valence-electron chi connectivity index (χ3n) is 4.57. The van der Waals surface area contributed by atoms with Crippen LogP contribution >= 0.6 is 0 Å². The molecular weight excluding hydrogens is 337 g/mol. The molecule has 1 fully saturated rings. The van der Waals surface area contributed by atoms with Gasteiger partial charge >= 0.3 is 0 Å². The first-order valence-electron chi connectivity index (χ1n) is 8.98. The maximum absolute atomic E-state index is 13.0. The number of amides is 1. The molecule has 1 aliphatic rings. The van der Waals surface area contributed by atoms with Gasteiger partial charge in [0.2, 0.25) is 11.8 Å². The van der Waals surface area contributed by atoms with E-state index in [-0.39, 0.29) is 36.0 Å². The molecule has 2 heterocycles. The molecule has 0 spiro atoms. The Morgan fingerprint density at radius 3 is 2.58 bits per heavy atom. The third kappa shape index (κ3) is 4.66. The average Bonchev–Trinajstić information content (AvgIpc) is 3.12. The molecular formula is C19H24FN3O3. The Kier molecular flexibility index (Phi) is 5.98. The van der Waals surface area contributed by atoms with E-state index in [4.69, 9.17) is 9.26 Å². The molecule has 2 aromatic rings. The van der Waals surface area contributed by atoms with Gasteiger partial charge in [-0.2, -0.15) is 4.98 Å². The van der Waals surface area contributed by atoms with Crippen LogP contribution in [0, 0.1) is 11.7 Å². The van der Waals surface area contributed by atoms with Crippen molar-refractivity contribution in [2.45, 2.75) is 45.1 Å². The van der Waals surface area contributed by atoms with Crippen molar-refractivity contribution >= 4 is 5.91 Å². The van der Waals surface area contributed by atoms with Crippen LogP contribution in [0.5, 0.6) is 0 Å². The zero-order chi connectivity index (χ0) is 18.5. The van der Waals surface area contributed by atoms with Crippen molar-refractivity contribution < 1.29 is 18.4 Å².